The first kappa shape index (κ1) is 7.46. The van der Waals surface area contributed by atoms with E-state index < -0.39 is 12.3 Å². The Morgan fingerprint density at radius 2 is 2.18 bits per heavy atom. The molecule has 3 nitrogen and oxygen atoms in total. The van der Waals surface area contributed by atoms with Crippen molar-refractivity contribution in [3.63, 3.8) is 0 Å². The van der Waals surface area contributed by atoms with Crippen LogP contribution in [0.25, 0.3) is 0 Å². The Hall–Kier alpha value is -0.190. The molecule has 1 saturated heterocycles. The van der Waals surface area contributed by atoms with Crippen molar-refractivity contribution < 1.29 is 9.50 Å². The maximum atomic E-state index is 13.2. The van der Waals surface area contributed by atoms with Gasteiger partial charge in [-0.2, -0.15) is 0 Å². The zero-order chi connectivity index (χ0) is 7.84. The van der Waals surface area contributed by atoms with Gasteiger partial charge in [-0.05, 0) is 12.8 Å². The summed E-state index contributed by atoms with van der Waals surface area (Å²) in [6.45, 7) is 0.642. The van der Waals surface area contributed by atoms with Crippen LogP contribution in [-0.4, -0.2) is 30.0 Å². The van der Waals surface area contributed by atoms with E-state index >= 15 is 0 Å². The molecule has 0 aromatic heterocycles. The van der Waals surface area contributed by atoms with E-state index in [-0.39, 0.29) is 12.0 Å². The second kappa shape index (κ2) is 2.69. The molecule has 11 heavy (non-hydrogen) atoms. The molecule has 2 rings (SSSR count). The van der Waals surface area contributed by atoms with Crippen molar-refractivity contribution in [1.82, 2.24) is 10.9 Å². The fourth-order valence-electron chi connectivity index (χ4n) is 1.97. The molecule has 0 bridgehead atoms. The summed E-state index contributed by atoms with van der Waals surface area (Å²) in [5.41, 5.74) is 5.92. The van der Waals surface area contributed by atoms with Crippen LogP contribution in [0.1, 0.15) is 12.8 Å². The van der Waals surface area contributed by atoms with Crippen LogP contribution in [0.4, 0.5) is 4.39 Å². The standard InChI is InChI=1S/C7H13FN2O/c8-7-4-3-9-10-5(4)1-2-6(7)11/h4-7,9-11H,1-3H2. The number of fused-ring (bicyclic) bond motifs is 1. The highest BCUT2D eigenvalue weighted by molar-refractivity contribution is 4.94. The number of nitrogens with one attached hydrogen (secondary N) is 2. The van der Waals surface area contributed by atoms with E-state index in [1.165, 1.54) is 0 Å². The van der Waals surface area contributed by atoms with Crippen LogP contribution in [0.5, 0.6) is 0 Å². The summed E-state index contributed by atoms with van der Waals surface area (Å²) in [4.78, 5) is 0. The van der Waals surface area contributed by atoms with E-state index in [1.54, 1.807) is 0 Å². The maximum Gasteiger partial charge on any atom is 0.131 e. The summed E-state index contributed by atoms with van der Waals surface area (Å²) in [5.74, 6) is -0.0289. The molecule has 1 aliphatic heterocycles. The topological polar surface area (TPSA) is 44.3 Å². The number of aliphatic hydroxyl groups excluding tert-OH is 1. The number of aliphatic hydroxyl groups is 1. The lowest BCUT2D eigenvalue weighted by molar-refractivity contribution is 0.00715. The Kier molecular flexibility index (Phi) is 1.83. The third kappa shape index (κ3) is 1.15. The van der Waals surface area contributed by atoms with Crippen LogP contribution in [0, 0.1) is 5.92 Å². The molecule has 0 aromatic carbocycles. The number of rotatable bonds is 0. The molecule has 1 aliphatic carbocycles. The number of hydrogen-bond donors (Lipinski definition) is 3. The van der Waals surface area contributed by atoms with E-state index in [9.17, 15) is 9.50 Å². The molecule has 4 unspecified atom stereocenters. The quantitative estimate of drug-likeness (QED) is 0.450. The Labute approximate surface area is 64.9 Å². The average molecular weight is 160 g/mol. The van der Waals surface area contributed by atoms with Crippen LogP contribution >= 0.6 is 0 Å². The lowest BCUT2D eigenvalue weighted by Crippen LogP contribution is -2.44. The first-order valence-corrected chi connectivity index (χ1v) is 4.09. The van der Waals surface area contributed by atoms with Gasteiger partial charge in [0.2, 0.25) is 0 Å². The van der Waals surface area contributed by atoms with E-state index in [1.807, 2.05) is 0 Å². The summed E-state index contributed by atoms with van der Waals surface area (Å²) in [5, 5.41) is 9.19. The molecule has 1 saturated carbocycles. The molecule has 0 amide bonds. The molecule has 64 valence electrons. The minimum Gasteiger partial charge on any atom is -0.390 e. The molecular weight excluding hydrogens is 147 g/mol. The smallest absolute Gasteiger partial charge is 0.131 e. The van der Waals surface area contributed by atoms with Gasteiger partial charge in [-0.1, -0.05) is 0 Å². The number of hydrazine groups is 1. The van der Waals surface area contributed by atoms with Gasteiger partial charge < -0.3 is 5.11 Å². The average Bonchev–Trinajstić information content (AvgIpc) is 2.45. The highest BCUT2D eigenvalue weighted by Gasteiger charge is 2.41. The summed E-state index contributed by atoms with van der Waals surface area (Å²) in [6, 6.07) is 0.230. The van der Waals surface area contributed by atoms with Gasteiger partial charge in [0.1, 0.15) is 6.17 Å². The highest BCUT2D eigenvalue weighted by Crippen LogP contribution is 2.29. The van der Waals surface area contributed by atoms with Crippen LogP contribution in [0.3, 0.4) is 0 Å². The van der Waals surface area contributed by atoms with Crippen molar-refractivity contribution in [2.24, 2.45) is 5.92 Å². The molecular formula is C7H13FN2O. The molecule has 2 aliphatic rings. The Morgan fingerprint density at radius 3 is 3.00 bits per heavy atom. The monoisotopic (exact) mass is 160 g/mol. The summed E-state index contributed by atoms with van der Waals surface area (Å²) >= 11 is 0. The van der Waals surface area contributed by atoms with Gasteiger partial charge in [-0.15, -0.1) is 0 Å². The highest BCUT2D eigenvalue weighted by atomic mass is 19.1. The molecule has 1 heterocycles. The zero-order valence-corrected chi connectivity index (χ0v) is 6.26. The first-order valence-electron chi connectivity index (χ1n) is 4.09. The molecule has 4 atom stereocenters. The van der Waals surface area contributed by atoms with E-state index in [4.69, 9.17) is 0 Å². The van der Waals surface area contributed by atoms with Crippen molar-refractivity contribution in [1.29, 1.82) is 0 Å². The number of halogens is 1. The number of alkyl halides is 1. The van der Waals surface area contributed by atoms with Crippen molar-refractivity contribution in [3.05, 3.63) is 0 Å². The molecule has 4 heteroatoms. The molecule has 0 spiro atoms. The molecule has 0 aromatic rings. The maximum absolute atomic E-state index is 13.2. The molecule has 3 N–H and O–H groups in total. The summed E-state index contributed by atoms with van der Waals surface area (Å²) < 4.78 is 13.2. The Morgan fingerprint density at radius 1 is 1.36 bits per heavy atom. The third-order valence-electron chi connectivity index (χ3n) is 2.69. The van der Waals surface area contributed by atoms with Gasteiger partial charge >= 0.3 is 0 Å². The molecule has 2 fully saturated rings. The van der Waals surface area contributed by atoms with Crippen LogP contribution in [0.2, 0.25) is 0 Å². The van der Waals surface area contributed by atoms with Crippen molar-refractivity contribution >= 4 is 0 Å². The third-order valence-corrected chi connectivity index (χ3v) is 2.69. The number of hydrogen-bond acceptors (Lipinski definition) is 3. The van der Waals surface area contributed by atoms with Gasteiger partial charge in [-0.25, -0.2) is 4.39 Å². The van der Waals surface area contributed by atoms with Crippen LogP contribution < -0.4 is 10.9 Å². The minimum atomic E-state index is -1.05. The van der Waals surface area contributed by atoms with Crippen molar-refractivity contribution in [2.45, 2.75) is 31.2 Å². The lowest BCUT2D eigenvalue weighted by atomic mass is 9.83. The first-order chi connectivity index (χ1) is 5.29. The predicted molar refractivity (Wildman–Crippen MR) is 38.6 cm³/mol. The Balaban J connectivity index is 2.06. The van der Waals surface area contributed by atoms with Gasteiger partial charge in [0, 0.05) is 18.5 Å². The minimum absolute atomic E-state index is 0.0289. The van der Waals surface area contributed by atoms with Crippen molar-refractivity contribution in [2.75, 3.05) is 6.54 Å². The SMILES string of the molecule is OC1CCC2NNCC2C1F. The van der Waals surface area contributed by atoms with Gasteiger partial charge in [0.05, 0.1) is 6.10 Å². The Bertz CT molecular complexity index is 155. The van der Waals surface area contributed by atoms with Crippen molar-refractivity contribution in [3.8, 4) is 0 Å². The largest absolute Gasteiger partial charge is 0.390 e. The van der Waals surface area contributed by atoms with Gasteiger partial charge in [-0.3, -0.25) is 10.9 Å². The van der Waals surface area contributed by atoms with E-state index in [0.717, 1.165) is 6.42 Å². The normalized spacial score (nSPS) is 50.7. The van der Waals surface area contributed by atoms with Gasteiger partial charge in [0.25, 0.3) is 0 Å². The van der Waals surface area contributed by atoms with Crippen LogP contribution in [0.15, 0.2) is 0 Å². The predicted octanol–water partition coefficient (Wildman–Crippen LogP) is -0.428. The fraction of sp³-hybridized carbons (Fsp3) is 1.00. The van der Waals surface area contributed by atoms with E-state index in [0.29, 0.717) is 13.0 Å². The summed E-state index contributed by atoms with van der Waals surface area (Å²) in [6.07, 6.45) is -0.329. The second-order valence-electron chi connectivity index (χ2n) is 3.38. The van der Waals surface area contributed by atoms with Crippen LogP contribution in [-0.2, 0) is 0 Å². The fourth-order valence-corrected chi connectivity index (χ4v) is 1.97. The molecule has 0 radical (unpaired) electrons. The second-order valence-corrected chi connectivity index (χ2v) is 3.38. The summed E-state index contributed by atoms with van der Waals surface area (Å²) in [7, 11) is 0. The lowest BCUT2D eigenvalue weighted by Gasteiger charge is -2.31. The zero-order valence-electron chi connectivity index (χ0n) is 6.26. The van der Waals surface area contributed by atoms with E-state index in [2.05, 4.69) is 10.9 Å². The van der Waals surface area contributed by atoms with Gasteiger partial charge in [0.15, 0.2) is 0 Å².